The van der Waals surface area contributed by atoms with E-state index in [-0.39, 0.29) is 11.8 Å². The summed E-state index contributed by atoms with van der Waals surface area (Å²) in [5, 5.41) is 7.04. The maximum atomic E-state index is 12.8. The van der Waals surface area contributed by atoms with E-state index in [0.717, 1.165) is 49.1 Å². The van der Waals surface area contributed by atoms with Gasteiger partial charge in [-0.2, -0.15) is 0 Å². The van der Waals surface area contributed by atoms with Gasteiger partial charge in [-0.3, -0.25) is 9.59 Å². The molecular weight excluding hydrogens is 402 g/mol. The second-order valence-electron chi connectivity index (χ2n) is 8.45. The number of aromatic nitrogens is 1. The van der Waals surface area contributed by atoms with E-state index in [1.165, 1.54) is 0 Å². The van der Waals surface area contributed by atoms with Gasteiger partial charge in [-0.15, -0.1) is 0 Å². The maximum Gasteiger partial charge on any atom is 0.269 e. The second-order valence-corrected chi connectivity index (χ2v) is 8.45. The molecule has 2 saturated heterocycles. The van der Waals surface area contributed by atoms with Crippen LogP contribution in [0.25, 0.3) is 10.9 Å². The van der Waals surface area contributed by atoms with Crippen LogP contribution in [0.1, 0.15) is 23.3 Å². The van der Waals surface area contributed by atoms with Gasteiger partial charge in [0.25, 0.3) is 5.91 Å². The van der Waals surface area contributed by atoms with Crippen LogP contribution in [0.2, 0.25) is 0 Å². The molecule has 0 unspecified atom stereocenters. The number of carbonyl (C=O) groups is 2. The zero-order chi connectivity index (χ0) is 22.0. The number of fused-ring (bicyclic) bond motifs is 1. The highest BCUT2D eigenvalue weighted by molar-refractivity contribution is 5.95. The average molecular weight is 430 g/mol. The summed E-state index contributed by atoms with van der Waals surface area (Å²) in [7, 11) is 0. The van der Waals surface area contributed by atoms with Gasteiger partial charge in [0.05, 0.1) is 12.2 Å². The number of hydrogen-bond acceptors (Lipinski definition) is 5. The van der Waals surface area contributed by atoms with Crippen LogP contribution in [0.3, 0.4) is 0 Å². The Kier molecular flexibility index (Phi) is 5.49. The molecule has 1 spiro atoms. The molecule has 7 nitrogen and oxygen atoms in total. The summed E-state index contributed by atoms with van der Waals surface area (Å²) in [6, 6.07) is 21.6. The molecule has 3 heterocycles. The molecule has 0 atom stereocenters. The van der Waals surface area contributed by atoms with Crippen molar-refractivity contribution in [1.82, 2.24) is 20.5 Å². The summed E-state index contributed by atoms with van der Waals surface area (Å²) in [4.78, 5) is 34.3. The van der Waals surface area contributed by atoms with Crippen LogP contribution in [0, 0.1) is 0 Å². The van der Waals surface area contributed by atoms with Gasteiger partial charge in [0.1, 0.15) is 11.2 Å². The lowest BCUT2D eigenvalue weighted by molar-refractivity contribution is -0.125. The van der Waals surface area contributed by atoms with E-state index in [9.17, 15) is 9.59 Å². The summed E-state index contributed by atoms with van der Waals surface area (Å²) in [6.45, 7) is 3.50. The molecule has 32 heavy (non-hydrogen) atoms. The number of likely N-dealkylation sites (tertiary alicyclic amines) is 1. The van der Waals surface area contributed by atoms with E-state index in [0.29, 0.717) is 18.9 Å². The smallest absolute Gasteiger partial charge is 0.269 e. The minimum absolute atomic E-state index is 0.122. The van der Waals surface area contributed by atoms with Gasteiger partial charge in [-0.05, 0) is 37.1 Å². The van der Waals surface area contributed by atoms with Gasteiger partial charge in [0, 0.05) is 37.3 Å². The van der Waals surface area contributed by atoms with Crippen molar-refractivity contribution in [2.45, 2.75) is 18.4 Å². The zero-order valence-corrected chi connectivity index (χ0v) is 18.0. The molecule has 2 aliphatic heterocycles. The monoisotopic (exact) mass is 429 g/mol. The van der Waals surface area contributed by atoms with Crippen LogP contribution in [-0.4, -0.2) is 60.1 Å². The lowest BCUT2D eigenvalue weighted by atomic mass is 9.85. The second kappa shape index (κ2) is 8.59. The van der Waals surface area contributed by atoms with Gasteiger partial charge in [0.15, 0.2) is 0 Å². The lowest BCUT2D eigenvalue weighted by Crippen LogP contribution is -2.57. The number of pyridine rings is 1. The summed E-state index contributed by atoms with van der Waals surface area (Å²) in [5.41, 5.74) is 1.85. The molecule has 0 radical (unpaired) electrons. The quantitative estimate of drug-likeness (QED) is 0.651. The van der Waals surface area contributed by atoms with E-state index in [1.807, 2.05) is 48.5 Å². The molecule has 0 saturated carbocycles. The Bertz CT molecular complexity index is 1130. The highest BCUT2D eigenvalue weighted by Gasteiger charge is 2.50. The fourth-order valence-electron chi connectivity index (χ4n) is 4.79. The Hall–Kier alpha value is -3.45. The third kappa shape index (κ3) is 3.80. The van der Waals surface area contributed by atoms with Crippen LogP contribution < -0.4 is 15.5 Å². The number of hydrogen-bond donors (Lipinski definition) is 2. The average Bonchev–Trinajstić information content (AvgIpc) is 3.16. The molecule has 2 fully saturated rings. The Morgan fingerprint density at radius 2 is 1.75 bits per heavy atom. The molecule has 2 aromatic carbocycles. The first-order chi connectivity index (χ1) is 15.7. The molecule has 2 amide bonds. The van der Waals surface area contributed by atoms with E-state index in [1.54, 1.807) is 6.07 Å². The molecule has 0 aliphatic carbocycles. The molecule has 1 aromatic heterocycles. The summed E-state index contributed by atoms with van der Waals surface area (Å²) in [6.07, 6.45) is 1.54. The maximum absolute atomic E-state index is 12.8. The summed E-state index contributed by atoms with van der Waals surface area (Å²) < 4.78 is 0. The number of benzene rings is 2. The first-order valence-corrected chi connectivity index (χ1v) is 11.1. The highest BCUT2D eigenvalue weighted by atomic mass is 16.2. The van der Waals surface area contributed by atoms with Crippen LogP contribution >= 0.6 is 0 Å². The number of nitrogens with one attached hydrogen (secondary N) is 2. The van der Waals surface area contributed by atoms with Crippen LogP contribution in [0.5, 0.6) is 0 Å². The number of nitrogens with zero attached hydrogens (tertiary/aromatic N) is 3. The number of carbonyl (C=O) groups excluding carboxylic acids is 2. The molecule has 0 bridgehead atoms. The molecule has 5 rings (SSSR count). The van der Waals surface area contributed by atoms with Crippen molar-refractivity contribution in [3.05, 3.63) is 72.4 Å². The van der Waals surface area contributed by atoms with E-state index >= 15 is 0 Å². The normalized spacial score (nSPS) is 18.1. The van der Waals surface area contributed by atoms with E-state index in [4.69, 9.17) is 0 Å². The van der Waals surface area contributed by atoms with Crippen LogP contribution in [0.15, 0.2) is 66.7 Å². The minimum Gasteiger partial charge on any atom is -0.349 e. The Morgan fingerprint density at radius 3 is 2.56 bits per heavy atom. The fourth-order valence-corrected chi connectivity index (χ4v) is 4.79. The van der Waals surface area contributed by atoms with Crippen LogP contribution in [0.4, 0.5) is 5.69 Å². The molecule has 7 heteroatoms. The molecule has 3 aromatic rings. The largest absolute Gasteiger partial charge is 0.349 e. The van der Waals surface area contributed by atoms with Crippen molar-refractivity contribution in [1.29, 1.82) is 0 Å². The standard InChI is InChI=1S/C25H27N5O2/c31-23(22-11-10-19-6-4-5-9-21(19)28-22)26-14-17-29-15-12-25(13-16-29)24(32)27-18-30(25)20-7-2-1-3-8-20/h1-11H,12-18H2,(H,26,31)(H,27,32). The van der Waals surface area contributed by atoms with Crippen molar-refractivity contribution in [3.63, 3.8) is 0 Å². The Morgan fingerprint density at radius 1 is 1.00 bits per heavy atom. The Balaban J connectivity index is 1.15. The minimum atomic E-state index is -0.476. The SMILES string of the molecule is O=C(NCCN1CCC2(CC1)C(=O)NCN2c1ccccc1)c1ccc2ccccc2n1. The first kappa shape index (κ1) is 20.5. The zero-order valence-electron chi connectivity index (χ0n) is 18.0. The predicted molar refractivity (Wildman–Crippen MR) is 124 cm³/mol. The molecule has 2 N–H and O–H groups in total. The number of piperidine rings is 1. The van der Waals surface area contributed by atoms with Gasteiger partial charge in [0.2, 0.25) is 5.91 Å². The third-order valence-corrected chi connectivity index (χ3v) is 6.63. The van der Waals surface area contributed by atoms with Gasteiger partial charge < -0.3 is 20.4 Å². The van der Waals surface area contributed by atoms with Gasteiger partial charge >= 0.3 is 0 Å². The summed E-state index contributed by atoms with van der Waals surface area (Å²) in [5.74, 6) is -0.0358. The number of para-hydroxylation sites is 2. The van der Waals surface area contributed by atoms with Crippen molar-refractivity contribution in [2.24, 2.45) is 0 Å². The summed E-state index contributed by atoms with van der Waals surface area (Å²) >= 11 is 0. The number of anilines is 1. The molecule has 164 valence electrons. The Labute approximate surface area is 187 Å². The van der Waals surface area contributed by atoms with E-state index in [2.05, 4.69) is 37.6 Å². The molecule has 2 aliphatic rings. The third-order valence-electron chi connectivity index (χ3n) is 6.63. The van der Waals surface area contributed by atoms with Crippen molar-refractivity contribution < 1.29 is 9.59 Å². The van der Waals surface area contributed by atoms with Crippen molar-refractivity contribution in [2.75, 3.05) is 37.7 Å². The van der Waals surface area contributed by atoms with Gasteiger partial charge in [-0.1, -0.05) is 42.5 Å². The first-order valence-electron chi connectivity index (χ1n) is 11.1. The van der Waals surface area contributed by atoms with Crippen LogP contribution in [-0.2, 0) is 4.79 Å². The fraction of sp³-hybridized carbons (Fsp3) is 0.320. The van der Waals surface area contributed by atoms with Crippen molar-refractivity contribution in [3.8, 4) is 0 Å². The molecular formula is C25H27N5O2. The number of rotatable bonds is 5. The number of amides is 2. The highest BCUT2D eigenvalue weighted by Crippen LogP contribution is 2.35. The lowest BCUT2D eigenvalue weighted by Gasteiger charge is -2.43. The van der Waals surface area contributed by atoms with Crippen molar-refractivity contribution >= 4 is 28.4 Å². The predicted octanol–water partition coefficient (Wildman–Crippen LogP) is 2.39. The van der Waals surface area contributed by atoms with Gasteiger partial charge in [-0.25, -0.2) is 4.98 Å². The topological polar surface area (TPSA) is 77.6 Å². The van der Waals surface area contributed by atoms with E-state index < -0.39 is 5.54 Å².